The second-order valence-corrected chi connectivity index (χ2v) is 11.4. The topological polar surface area (TPSA) is 99.2 Å². The fraction of sp³-hybridized carbons (Fsp3) is 0.189. The lowest BCUT2D eigenvalue weighted by Crippen LogP contribution is -2.48. The molecule has 0 bridgehead atoms. The minimum absolute atomic E-state index is 0.300. The van der Waals surface area contributed by atoms with Gasteiger partial charge in [0.2, 0.25) is 0 Å². The van der Waals surface area contributed by atoms with E-state index < -0.39 is 29.4 Å². The number of esters is 1. The number of benzene rings is 4. The number of carbonyl (C=O) groups is 4. The summed E-state index contributed by atoms with van der Waals surface area (Å²) in [6, 6.07) is 24.2. The molecule has 1 saturated heterocycles. The minimum Gasteiger partial charge on any atom is -0.497 e. The smallest absolute Gasteiger partial charge is 0.308 e. The van der Waals surface area contributed by atoms with E-state index in [2.05, 4.69) is 0 Å². The highest BCUT2D eigenvalue weighted by Crippen LogP contribution is 2.62. The Morgan fingerprint density at radius 1 is 0.778 bits per heavy atom. The van der Waals surface area contributed by atoms with Crippen LogP contribution in [0.5, 0.6) is 17.2 Å². The summed E-state index contributed by atoms with van der Waals surface area (Å²) in [6.45, 7) is 1.30. The molecule has 0 saturated carbocycles. The molecule has 3 atom stereocenters. The van der Waals surface area contributed by atoms with Crippen molar-refractivity contribution in [2.75, 3.05) is 19.1 Å². The molecular formula is C37H29NO7. The van der Waals surface area contributed by atoms with Crippen LogP contribution in [0.3, 0.4) is 0 Å². The first-order chi connectivity index (χ1) is 21.8. The fourth-order valence-electron chi connectivity index (χ4n) is 7.37. The van der Waals surface area contributed by atoms with E-state index >= 15 is 0 Å². The van der Waals surface area contributed by atoms with Crippen LogP contribution in [0.25, 0.3) is 6.08 Å². The zero-order valence-electron chi connectivity index (χ0n) is 24.9. The minimum atomic E-state index is -1.69. The molecule has 1 spiro atoms. The Kier molecular flexibility index (Phi) is 6.66. The van der Waals surface area contributed by atoms with Crippen molar-refractivity contribution >= 4 is 35.1 Å². The van der Waals surface area contributed by atoms with E-state index in [0.717, 1.165) is 11.3 Å². The van der Waals surface area contributed by atoms with Gasteiger partial charge in [0.05, 0.1) is 20.3 Å². The average Bonchev–Trinajstić information content (AvgIpc) is 3.50. The van der Waals surface area contributed by atoms with Crippen LogP contribution in [-0.4, -0.2) is 49.6 Å². The molecular weight excluding hydrogens is 570 g/mol. The second kappa shape index (κ2) is 10.6. The van der Waals surface area contributed by atoms with Crippen LogP contribution in [0.2, 0.25) is 0 Å². The number of ether oxygens (including phenoxy) is 3. The molecule has 0 N–H and O–H groups in total. The third-order valence-electron chi connectivity index (χ3n) is 9.15. The van der Waals surface area contributed by atoms with Crippen molar-refractivity contribution in [3.8, 4) is 17.2 Å². The Hall–Kier alpha value is -5.50. The Labute approximate surface area is 259 Å². The molecule has 2 heterocycles. The van der Waals surface area contributed by atoms with Crippen LogP contribution < -0.4 is 19.1 Å². The zero-order valence-corrected chi connectivity index (χ0v) is 24.9. The molecule has 4 aromatic carbocycles. The fourth-order valence-corrected chi connectivity index (χ4v) is 7.37. The van der Waals surface area contributed by atoms with Gasteiger partial charge in [0.25, 0.3) is 0 Å². The molecule has 8 nitrogen and oxygen atoms in total. The molecule has 4 aromatic rings. The van der Waals surface area contributed by atoms with Gasteiger partial charge in [-0.15, -0.1) is 0 Å². The van der Waals surface area contributed by atoms with Gasteiger partial charge in [-0.05, 0) is 54.1 Å². The number of carbonyl (C=O) groups excluding carboxylic acids is 4. The lowest BCUT2D eigenvalue weighted by atomic mass is 9.64. The lowest BCUT2D eigenvalue weighted by Gasteiger charge is -2.37. The summed E-state index contributed by atoms with van der Waals surface area (Å²) in [4.78, 5) is 58.2. The van der Waals surface area contributed by atoms with E-state index in [9.17, 15) is 19.2 Å². The van der Waals surface area contributed by atoms with Gasteiger partial charge in [-0.3, -0.25) is 19.2 Å². The number of hydrogen-bond acceptors (Lipinski definition) is 8. The molecule has 1 fully saturated rings. The van der Waals surface area contributed by atoms with Crippen molar-refractivity contribution in [2.45, 2.75) is 24.9 Å². The van der Waals surface area contributed by atoms with Crippen LogP contribution in [0.4, 0.5) is 5.69 Å². The van der Waals surface area contributed by atoms with E-state index in [1.54, 1.807) is 66.7 Å². The van der Waals surface area contributed by atoms with Crippen LogP contribution in [0.1, 0.15) is 55.0 Å². The first kappa shape index (κ1) is 28.3. The average molecular weight is 600 g/mol. The van der Waals surface area contributed by atoms with Crippen LogP contribution in [-0.2, 0) is 4.79 Å². The molecule has 2 aliphatic heterocycles. The molecule has 0 radical (unpaired) electrons. The maximum Gasteiger partial charge on any atom is 0.308 e. The highest BCUT2D eigenvalue weighted by molar-refractivity contribution is 6.32. The number of methoxy groups -OCH3 is 2. The number of fused-ring (bicyclic) bond motifs is 5. The summed E-state index contributed by atoms with van der Waals surface area (Å²) in [7, 11) is 3.06. The van der Waals surface area contributed by atoms with Crippen LogP contribution in [0, 0.1) is 5.41 Å². The zero-order chi connectivity index (χ0) is 31.5. The number of anilines is 1. The number of nitrogens with zero attached hydrogens (tertiary/aromatic N) is 1. The Balaban J connectivity index is 1.53. The number of Topliss-reactive ketones (excluding diaryl/α,β-unsaturated/α-hetero) is 3. The predicted octanol–water partition coefficient (Wildman–Crippen LogP) is 5.95. The molecule has 8 heteroatoms. The van der Waals surface area contributed by atoms with Crippen LogP contribution >= 0.6 is 0 Å². The van der Waals surface area contributed by atoms with Crippen molar-refractivity contribution in [1.82, 2.24) is 0 Å². The first-order valence-corrected chi connectivity index (χ1v) is 14.6. The maximum absolute atomic E-state index is 14.9. The van der Waals surface area contributed by atoms with Crippen molar-refractivity contribution < 1.29 is 33.4 Å². The number of hydrogen-bond donors (Lipinski definition) is 0. The molecule has 0 amide bonds. The molecule has 7 rings (SSSR count). The SMILES string of the molecule is COc1ccc(OC)c(C2C(C(=O)c3ccc(OC(C)=O)cc3)N3c4ccccc4C=CC3C23C(=O)c2ccccc2C3=O)c1. The summed E-state index contributed by atoms with van der Waals surface area (Å²) >= 11 is 0. The Morgan fingerprint density at radius 2 is 1.42 bits per heavy atom. The van der Waals surface area contributed by atoms with Gasteiger partial charge < -0.3 is 19.1 Å². The van der Waals surface area contributed by atoms with E-state index in [1.807, 2.05) is 41.3 Å². The largest absolute Gasteiger partial charge is 0.497 e. The van der Waals surface area contributed by atoms with Crippen molar-refractivity contribution in [3.05, 3.63) is 125 Å². The van der Waals surface area contributed by atoms with Crippen molar-refractivity contribution in [1.29, 1.82) is 0 Å². The van der Waals surface area contributed by atoms with E-state index in [-0.39, 0.29) is 17.3 Å². The van der Waals surface area contributed by atoms with Crippen molar-refractivity contribution in [3.63, 3.8) is 0 Å². The highest BCUT2D eigenvalue weighted by Gasteiger charge is 2.72. The van der Waals surface area contributed by atoms with Gasteiger partial charge in [0.15, 0.2) is 17.3 Å². The Morgan fingerprint density at radius 3 is 2.07 bits per heavy atom. The standard InChI is InChI=1S/C37H29NO7/c1-21(39)45-24-15-12-23(13-16-24)34(40)33-32(28-20-25(43-2)17-18-30(28)44-3)37(35(41)26-9-5-6-10-27(26)36(37)42)31-19-14-22-8-4-7-11-29(22)38(31)33/h4-20,31-33H,1-3H3. The second-order valence-electron chi connectivity index (χ2n) is 11.4. The first-order valence-electron chi connectivity index (χ1n) is 14.6. The Bertz CT molecular complexity index is 1890. The van der Waals surface area contributed by atoms with E-state index in [4.69, 9.17) is 14.2 Å². The summed E-state index contributed by atoms with van der Waals surface area (Å²) in [6.07, 6.45) is 3.79. The monoisotopic (exact) mass is 599 g/mol. The third-order valence-corrected chi connectivity index (χ3v) is 9.15. The summed E-state index contributed by atoms with van der Waals surface area (Å²) in [5.41, 5.74) is 1.43. The number of rotatable bonds is 6. The molecule has 1 aliphatic carbocycles. The van der Waals surface area contributed by atoms with E-state index in [1.165, 1.54) is 21.1 Å². The quantitative estimate of drug-likeness (QED) is 0.116. The van der Waals surface area contributed by atoms with Gasteiger partial charge in [0, 0.05) is 40.8 Å². The molecule has 0 aromatic heterocycles. The van der Waals surface area contributed by atoms with Gasteiger partial charge in [0.1, 0.15) is 28.7 Å². The van der Waals surface area contributed by atoms with Crippen molar-refractivity contribution in [2.24, 2.45) is 5.41 Å². The number of para-hydroxylation sites is 1. The number of ketones is 3. The highest BCUT2D eigenvalue weighted by atomic mass is 16.5. The normalized spacial score (nSPS) is 20.4. The summed E-state index contributed by atoms with van der Waals surface area (Å²) in [5, 5.41) is 0. The summed E-state index contributed by atoms with van der Waals surface area (Å²) in [5.74, 6) is -1.21. The van der Waals surface area contributed by atoms with Gasteiger partial charge in [-0.1, -0.05) is 54.6 Å². The summed E-state index contributed by atoms with van der Waals surface area (Å²) < 4.78 is 16.6. The van der Waals surface area contributed by atoms with Crippen LogP contribution in [0.15, 0.2) is 97.1 Å². The molecule has 3 unspecified atom stereocenters. The molecule has 224 valence electrons. The van der Waals surface area contributed by atoms with Gasteiger partial charge in [-0.25, -0.2) is 0 Å². The van der Waals surface area contributed by atoms with Gasteiger partial charge >= 0.3 is 5.97 Å². The van der Waals surface area contributed by atoms with E-state index in [0.29, 0.717) is 39.5 Å². The maximum atomic E-state index is 14.9. The molecule has 3 aliphatic rings. The lowest BCUT2D eigenvalue weighted by molar-refractivity contribution is -0.131. The molecule has 45 heavy (non-hydrogen) atoms. The van der Waals surface area contributed by atoms with Gasteiger partial charge in [-0.2, -0.15) is 0 Å². The third kappa shape index (κ3) is 4.05. The predicted molar refractivity (Wildman–Crippen MR) is 167 cm³/mol.